The number of nitrogens with one attached hydrogen (secondary N) is 2. The molecule has 1 unspecified atom stereocenters. The second kappa shape index (κ2) is 7.31. The number of nitrogens with zero attached hydrogens (tertiary/aromatic N) is 2. The van der Waals surface area contributed by atoms with Crippen molar-refractivity contribution in [3.63, 3.8) is 0 Å². The van der Waals surface area contributed by atoms with Crippen LogP contribution in [0, 0.1) is 0 Å². The molecular formula is C16H26N4O. The molecule has 1 aromatic rings. The second-order valence-electron chi connectivity index (χ2n) is 5.75. The van der Waals surface area contributed by atoms with Gasteiger partial charge in [0.15, 0.2) is 0 Å². The summed E-state index contributed by atoms with van der Waals surface area (Å²) in [6.07, 6.45) is 1.02. The van der Waals surface area contributed by atoms with E-state index in [9.17, 15) is 4.79 Å². The van der Waals surface area contributed by atoms with Gasteiger partial charge >= 0.3 is 6.03 Å². The molecule has 2 rings (SSSR count). The van der Waals surface area contributed by atoms with Gasteiger partial charge in [-0.3, -0.25) is 4.90 Å². The maximum absolute atomic E-state index is 11.6. The Morgan fingerprint density at radius 3 is 2.86 bits per heavy atom. The van der Waals surface area contributed by atoms with Gasteiger partial charge in [0.25, 0.3) is 0 Å². The average molecular weight is 290 g/mol. The van der Waals surface area contributed by atoms with Gasteiger partial charge < -0.3 is 15.5 Å². The number of likely N-dealkylation sites (tertiary alicyclic amines) is 1. The number of amides is 2. The van der Waals surface area contributed by atoms with Crippen LogP contribution >= 0.6 is 0 Å². The van der Waals surface area contributed by atoms with E-state index in [0.717, 1.165) is 26.1 Å². The highest BCUT2D eigenvalue weighted by atomic mass is 16.2. The number of para-hydroxylation sites is 1. The lowest BCUT2D eigenvalue weighted by Gasteiger charge is -2.22. The standard InChI is InChI=1S/C16H26N4O/c1-4-17-16(21)18-14-9-10-20(12-14)11-13-7-5-6-8-15(13)19(2)3/h5-8,14H,4,9-12H2,1-3H3,(H2,17,18,21). The predicted octanol–water partition coefficient (Wildman–Crippen LogP) is 1.65. The Balaban J connectivity index is 1.90. The van der Waals surface area contributed by atoms with Gasteiger partial charge in [-0.1, -0.05) is 18.2 Å². The van der Waals surface area contributed by atoms with Gasteiger partial charge in [0, 0.05) is 52.0 Å². The summed E-state index contributed by atoms with van der Waals surface area (Å²) in [4.78, 5) is 16.1. The summed E-state index contributed by atoms with van der Waals surface area (Å²) in [7, 11) is 4.14. The Kier molecular flexibility index (Phi) is 5.44. The topological polar surface area (TPSA) is 47.6 Å². The van der Waals surface area contributed by atoms with Crippen LogP contribution in [-0.2, 0) is 6.54 Å². The van der Waals surface area contributed by atoms with E-state index >= 15 is 0 Å². The zero-order valence-corrected chi connectivity index (χ0v) is 13.2. The number of anilines is 1. The quantitative estimate of drug-likeness (QED) is 0.867. The number of carbonyl (C=O) groups is 1. The van der Waals surface area contributed by atoms with E-state index in [4.69, 9.17) is 0 Å². The summed E-state index contributed by atoms with van der Waals surface area (Å²) < 4.78 is 0. The third-order valence-corrected chi connectivity index (χ3v) is 3.81. The van der Waals surface area contributed by atoms with E-state index in [1.54, 1.807) is 0 Å². The number of rotatable bonds is 5. The molecule has 0 spiro atoms. The van der Waals surface area contributed by atoms with Crippen molar-refractivity contribution in [2.45, 2.75) is 25.9 Å². The Morgan fingerprint density at radius 2 is 2.14 bits per heavy atom. The minimum Gasteiger partial charge on any atom is -0.377 e. The molecule has 0 radical (unpaired) electrons. The maximum Gasteiger partial charge on any atom is 0.315 e. The van der Waals surface area contributed by atoms with Crippen LogP contribution in [0.1, 0.15) is 18.9 Å². The number of hydrogen-bond acceptors (Lipinski definition) is 3. The normalized spacial score (nSPS) is 18.5. The van der Waals surface area contributed by atoms with Gasteiger partial charge in [0.05, 0.1) is 0 Å². The van der Waals surface area contributed by atoms with Crippen molar-refractivity contribution in [3.8, 4) is 0 Å². The largest absolute Gasteiger partial charge is 0.377 e. The predicted molar refractivity (Wildman–Crippen MR) is 86.7 cm³/mol. The first-order valence-corrected chi connectivity index (χ1v) is 7.62. The number of carbonyl (C=O) groups excluding carboxylic acids is 1. The zero-order valence-electron chi connectivity index (χ0n) is 13.2. The van der Waals surface area contributed by atoms with Gasteiger partial charge in [0.1, 0.15) is 0 Å². The molecule has 2 amide bonds. The summed E-state index contributed by atoms with van der Waals surface area (Å²) in [5.41, 5.74) is 2.60. The Morgan fingerprint density at radius 1 is 1.38 bits per heavy atom. The Labute approximate surface area is 127 Å². The smallest absolute Gasteiger partial charge is 0.315 e. The lowest BCUT2D eigenvalue weighted by atomic mass is 10.1. The second-order valence-corrected chi connectivity index (χ2v) is 5.75. The molecule has 21 heavy (non-hydrogen) atoms. The average Bonchev–Trinajstić information content (AvgIpc) is 2.86. The Hall–Kier alpha value is -1.75. The Bertz CT molecular complexity index is 475. The first kappa shape index (κ1) is 15.6. The summed E-state index contributed by atoms with van der Waals surface area (Å²) in [6, 6.07) is 8.68. The van der Waals surface area contributed by atoms with Crippen molar-refractivity contribution in [2.75, 3.05) is 38.6 Å². The number of urea groups is 1. The molecule has 1 aliphatic heterocycles. The highest BCUT2D eigenvalue weighted by Gasteiger charge is 2.24. The van der Waals surface area contributed by atoms with E-state index in [2.05, 4.69) is 58.8 Å². The van der Waals surface area contributed by atoms with Gasteiger partial charge in [0.2, 0.25) is 0 Å². The first-order valence-electron chi connectivity index (χ1n) is 7.62. The molecular weight excluding hydrogens is 264 g/mol. The molecule has 0 bridgehead atoms. The highest BCUT2D eigenvalue weighted by molar-refractivity contribution is 5.74. The SMILES string of the molecule is CCNC(=O)NC1CCN(Cc2ccccc2N(C)C)C1. The van der Waals surface area contributed by atoms with E-state index in [1.165, 1.54) is 11.3 Å². The van der Waals surface area contributed by atoms with E-state index in [1.807, 2.05) is 6.92 Å². The van der Waals surface area contributed by atoms with Crippen LogP contribution in [0.5, 0.6) is 0 Å². The molecule has 1 atom stereocenters. The zero-order chi connectivity index (χ0) is 15.2. The fourth-order valence-electron chi connectivity index (χ4n) is 2.81. The molecule has 5 heteroatoms. The van der Waals surface area contributed by atoms with Crippen molar-refractivity contribution < 1.29 is 4.79 Å². The van der Waals surface area contributed by atoms with Crippen molar-refractivity contribution in [1.29, 1.82) is 0 Å². The molecule has 0 aliphatic carbocycles. The fraction of sp³-hybridized carbons (Fsp3) is 0.562. The maximum atomic E-state index is 11.6. The molecule has 0 aromatic heterocycles. The van der Waals surface area contributed by atoms with E-state index in [0.29, 0.717) is 6.54 Å². The van der Waals surface area contributed by atoms with Crippen molar-refractivity contribution >= 4 is 11.7 Å². The lowest BCUT2D eigenvalue weighted by Crippen LogP contribution is -2.43. The van der Waals surface area contributed by atoms with Crippen LogP contribution < -0.4 is 15.5 Å². The lowest BCUT2D eigenvalue weighted by molar-refractivity contribution is 0.236. The summed E-state index contributed by atoms with van der Waals surface area (Å²) in [6.45, 7) is 5.47. The van der Waals surface area contributed by atoms with Gasteiger partial charge in [-0.25, -0.2) is 4.79 Å². The van der Waals surface area contributed by atoms with E-state index in [-0.39, 0.29) is 12.1 Å². The van der Waals surface area contributed by atoms with Crippen LogP contribution in [0.25, 0.3) is 0 Å². The van der Waals surface area contributed by atoms with Crippen molar-refractivity contribution in [2.24, 2.45) is 0 Å². The monoisotopic (exact) mass is 290 g/mol. The molecule has 1 aromatic carbocycles. The third kappa shape index (κ3) is 4.36. The highest BCUT2D eigenvalue weighted by Crippen LogP contribution is 2.21. The van der Waals surface area contributed by atoms with Gasteiger partial charge in [-0.05, 0) is 25.0 Å². The first-order chi connectivity index (χ1) is 10.1. The summed E-state index contributed by atoms with van der Waals surface area (Å²) in [5.74, 6) is 0. The number of benzene rings is 1. The van der Waals surface area contributed by atoms with Gasteiger partial charge in [-0.2, -0.15) is 0 Å². The molecule has 0 saturated carbocycles. The molecule has 1 saturated heterocycles. The molecule has 116 valence electrons. The molecule has 1 fully saturated rings. The molecule has 1 heterocycles. The van der Waals surface area contributed by atoms with Crippen molar-refractivity contribution in [3.05, 3.63) is 29.8 Å². The summed E-state index contributed by atoms with van der Waals surface area (Å²) in [5, 5.41) is 5.82. The number of hydrogen-bond donors (Lipinski definition) is 2. The van der Waals surface area contributed by atoms with Crippen LogP contribution in [0.3, 0.4) is 0 Å². The van der Waals surface area contributed by atoms with Crippen molar-refractivity contribution in [1.82, 2.24) is 15.5 Å². The molecule has 2 N–H and O–H groups in total. The van der Waals surface area contributed by atoms with Crippen LogP contribution in [0.15, 0.2) is 24.3 Å². The van der Waals surface area contributed by atoms with Crippen LogP contribution in [-0.4, -0.2) is 50.7 Å². The molecule has 1 aliphatic rings. The van der Waals surface area contributed by atoms with Crippen LogP contribution in [0.4, 0.5) is 10.5 Å². The minimum absolute atomic E-state index is 0.0574. The fourth-order valence-corrected chi connectivity index (χ4v) is 2.81. The van der Waals surface area contributed by atoms with Gasteiger partial charge in [-0.15, -0.1) is 0 Å². The van der Waals surface area contributed by atoms with E-state index < -0.39 is 0 Å². The summed E-state index contributed by atoms with van der Waals surface area (Å²) >= 11 is 0. The third-order valence-electron chi connectivity index (χ3n) is 3.81. The molecule has 5 nitrogen and oxygen atoms in total. The van der Waals surface area contributed by atoms with Crippen LogP contribution in [0.2, 0.25) is 0 Å². The minimum atomic E-state index is -0.0574.